The third kappa shape index (κ3) is 4.12. The topological polar surface area (TPSA) is 96.2 Å². The van der Waals surface area contributed by atoms with E-state index in [9.17, 15) is 9.90 Å². The number of carbonyl (C=O) groups excluding carboxylic acids is 1. The molecule has 0 bridgehead atoms. The molecular formula is C21H24N6O2. The summed E-state index contributed by atoms with van der Waals surface area (Å²) in [5.41, 5.74) is 4.36. The molecule has 0 spiro atoms. The summed E-state index contributed by atoms with van der Waals surface area (Å²) >= 11 is 0. The predicted molar refractivity (Wildman–Crippen MR) is 110 cm³/mol. The Bertz CT molecular complexity index is 1040. The average molecular weight is 392 g/mol. The number of anilines is 2. The van der Waals surface area contributed by atoms with E-state index in [2.05, 4.69) is 26.4 Å². The number of aryl methyl sites for hydroxylation is 3. The summed E-state index contributed by atoms with van der Waals surface area (Å²) < 4.78 is 1.59. The summed E-state index contributed by atoms with van der Waals surface area (Å²) in [4.78, 5) is 23.2. The Kier molecular flexibility index (Phi) is 5.02. The van der Waals surface area contributed by atoms with Crippen LogP contribution in [0, 0.1) is 20.8 Å². The van der Waals surface area contributed by atoms with Crippen LogP contribution in [0.15, 0.2) is 36.7 Å². The number of aliphatic hydroxyl groups is 1. The van der Waals surface area contributed by atoms with Crippen LogP contribution in [0.5, 0.6) is 0 Å². The second-order valence-electron chi connectivity index (χ2n) is 7.51. The summed E-state index contributed by atoms with van der Waals surface area (Å²) in [6.45, 7) is 6.80. The molecule has 1 saturated heterocycles. The highest BCUT2D eigenvalue weighted by Gasteiger charge is 2.27. The fourth-order valence-corrected chi connectivity index (χ4v) is 3.60. The minimum Gasteiger partial charge on any atom is -0.391 e. The first-order chi connectivity index (χ1) is 13.9. The highest BCUT2D eigenvalue weighted by molar-refractivity contribution is 5.95. The molecule has 1 aliphatic rings. The molecule has 150 valence electrons. The molecule has 0 saturated carbocycles. The van der Waals surface area contributed by atoms with Gasteiger partial charge in [-0.1, -0.05) is 6.07 Å². The summed E-state index contributed by atoms with van der Waals surface area (Å²) in [6, 6.07) is 7.91. The molecule has 3 aromatic rings. The lowest BCUT2D eigenvalue weighted by Gasteiger charge is -2.14. The number of hydrogen-bond donors (Lipinski definition) is 2. The van der Waals surface area contributed by atoms with Crippen LogP contribution in [0.1, 0.15) is 33.6 Å². The van der Waals surface area contributed by atoms with Crippen LogP contribution in [0.25, 0.3) is 5.82 Å². The minimum absolute atomic E-state index is 0.118. The molecule has 8 heteroatoms. The maximum atomic E-state index is 12.7. The molecule has 0 aliphatic carbocycles. The van der Waals surface area contributed by atoms with Crippen molar-refractivity contribution in [2.45, 2.75) is 33.3 Å². The van der Waals surface area contributed by atoms with E-state index in [1.54, 1.807) is 35.0 Å². The van der Waals surface area contributed by atoms with Gasteiger partial charge in [0.2, 0.25) is 5.95 Å². The standard InChI is InChI=1S/C21H24N6O2/c1-13-8-14(2)10-16(9-13)23-21-22-6-4-19(24-21)27-12-18(15(3)25-27)20(29)26-7-5-17(28)11-26/h4,6,8-10,12,17,28H,5,7,11H2,1-3H3,(H,22,23,24)/t17-/m0/s1. The van der Waals surface area contributed by atoms with Crippen molar-refractivity contribution in [3.63, 3.8) is 0 Å². The molecule has 0 unspecified atom stereocenters. The number of hydrogen-bond acceptors (Lipinski definition) is 6. The van der Waals surface area contributed by atoms with Crippen LogP contribution >= 0.6 is 0 Å². The van der Waals surface area contributed by atoms with Gasteiger partial charge >= 0.3 is 0 Å². The third-order valence-electron chi connectivity index (χ3n) is 4.93. The van der Waals surface area contributed by atoms with E-state index in [-0.39, 0.29) is 5.91 Å². The van der Waals surface area contributed by atoms with Gasteiger partial charge in [0.05, 0.1) is 17.4 Å². The molecule has 0 radical (unpaired) electrons. The lowest BCUT2D eigenvalue weighted by Crippen LogP contribution is -2.29. The van der Waals surface area contributed by atoms with Gasteiger partial charge in [0.1, 0.15) is 0 Å². The number of β-amino-alcohol motifs (C(OH)–C–C–N with tert-alkyl or cyclic N) is 1. The first-order valence-electron chi connectivity index (χ1n) is 9.61. The van der Waals surface area contributed by atoms with Crippen molar-refractivity contribution in [1.29, 1.82) is 0 Å². The lowest BCUT2D eigenvalue weighted by molar-refractivity contribution is 0.0764. The monoisotopic (exact) mass is 392 g/mol. The van der Waals surface area contributed by atoms with Gasteiger partial charge in [-0.25, -0.2) is 9.67 Å². The number of amides is 1. The Labute approximate surface area is 169 Å². The van der Waals surface area contributed by atoms with E-state index in [1.807, 2.05) is 26.0 Å². The van der Waals surface area contributed by atoms with Gasteiger partial charge in [-0.3, -0.25) is 4.79 Å². The van der Waals surface area contributed by atoms with Gasteiger partial charge in [-0.2, -0.15) is 10.1 Å². The van der Waals surface area contributed by atoms with Crippen molar-refractivity contribution in [1.82, 2.24) is 24.6 Å². The average Bonchev–Trinajstić information content (AvgIpc) is 3.26. The maximum absolute atomic E-state index is 12.7. The number of benzene rings is 1. The Balaban J connectivity index is 1.58. The molecule has 1 fully saturated rings. The molecule has 1 atom stereocenters. The van der Waals surface area contributed by atoms with E-state index in [4.69, 9.17) is 0 Å². The highest BCUT2D eigenvalue weighted by Crippen LogP contribution is 2.19. The van der Waals surface area contributed by atoms with Crippen LogP contribution in [0.4, 0.5) is 11.6 Å². The largest absolute Gasteiger partial charge is 0.391 e. The van der Waals surface area contributed by atoms with Crippen molar-refractivity contribution in [3.05, 3.63) is 59.0 Å². The number of nitrogens with zero attached hydrogens (tertiary/aromatic N) is 5. The zero-order chi connectivity index (χ0) is 20.5. The van der Waals surface area contributed by atoms with E-state index in [1.165, 1.54) is 0 Å². The highest BCUT2D eigenvalue weighted by atomic mass is 16.3. The predicted octanol–water partition coefficient (Wildman–Crippen LogP) is 2.54. The van der Waals surface area contributed by atoms with Crippen molar-refractivity contribution in [2.75, 3.05) is 18.4 Å². The van der Waals surface area contributed by atoms with E-state index in [0.717, 1.165) is 16.8 Å². The fraction of sp³-hybridized carbons (Fsp3) is 0.333. The minimum atomic E-state index is -0.449. The van der Waals surface area contributed by atoms with Crippen molar-refractivity contribution in [3.8, 4) is 5.82 Å². The van der Waals surface area contributed by atoms with Gasteiger partial charge in [-0.05, 0) is 50.5 Å². The van der Waals surface area contributed by atoms with Gasteiger partial charge < -0.3 is 15.3 Å². The Morgan fingerprint density at radius 1 is 1.21 bits per heavy atom. The number of nitrogens with one attached hydrogen (secondary N) is 1. The number of aromatic nitrogens is 4. The molecule has 3 heterocycles. The van der Waals surface area contributed by atoms with Crippen LogP contribution in [-0.4, -0.2) is 54.9 Å². The fourth-order valence-electron chi connectivity index (χ4n) is 3.60. The quantitative estimate of drug-likeness (QED) is 0.708. The first-order valence-corrected chi connectivity index (χ1v) is 9.61. The zero-order valence-electron chi connectivity index (χ0n) is 16.8. The van der Waals surface area contributed by atoms with Crippen LogP contribution in [-0.2, 0) is 0 Å². The van der Waals surface area contributed by atoms with Crippen molar-refractivity contribution >= 4 is 17.5 Å². The van der Waals surface area contributed by atoms with Crippen LogP contribution < -0.4 is 5.32 Å². The Hall–Kier alpha value is -3.26. The van der Waals surface area contributed by atoms with Crippen molar-refractivity contribution in [2.24, 2.45) is 0 Å². The van der Waals surface area contributed by atoms with E-state index in [0.29, 0.717) is 42.5 Å². The number of rotatable bonds is 4. The number of aliphatic hydroxyl groups excluding tert-OH is 1. The molecule has 29 heavy (non-hydrogen) atoms. The molecule has 8 nitrogen and oxygen atoms in total. The molecule has 2 N–H and O–H groups in total. The van der Waals surface area contributed by atoms with Crippen LogP contribution in [0.3, 0.4) is 0 Å². The maximum Gasteiger partial charge on any atom is 0.257 e. The molecule has 2 aromatic heterocycles. The number of carbonyl (C=O) groups is 1. The molecule has 1 aliphatic heterocycles. The smallest absolute Gasteiger partial charge is 0.257 e. The lowest BCUT2D eigenvalue weighted by atomic mass is 10.1. The van der Waals surface area contributed by atoms with Gasteiger partial charge in [0.15, 0.2) is 5.82 Å². The molecule has 1 aromatic carbocycles. The second-order valence-corrected chi connectivity index (χ2v) is 7.51. The molecule has 1 amide bonds. The van der Waals surface area contributed by atoms with E-state index < -0.39 is 6.10 Å². The number of likely N-dealkylation sites (tertiary alicyclic amines) is 1. The Morgan fingerprint density at radius 2 is 1.97 bits per heavy atom. The summed E-state index contributed by atoms with van der Waals surface area (Å²) in [6.07, 6.45) is 3.50. The van der Waals surface area contributed by atoms with Crippen LogP contribution in [0.2, 0.25) is 0 Å². The molecular weight excluding hydrogens is 368 g/mol. The summed E-state index contributed by atoms with van der Waals surface area (Å²) in [5.74, 6) is 0.902. The SMILES string of the molecule is Cc1cc(C)cc(Nc2nccc(-n3cc(C(=O)N4CC[C@H](O)C4)c(C)n3)n2)c1. The first kappa shape index (κ1) is 19.1. The van der Waals surface area contributed by atoms with Gasteiger partial charge in [0, 0.05) is 37.2 Å². The van der Waals surface area contributed by atoms with E-state index >= 15 is 0 Å². The van der Waals surface area contributed by atoms with Gasteiger partial charge in [0.25, 0.3) is 5.91 Å². The van der Waals surface area contributed by atoms with Crippen molar-refractivity contribution < 1.29 is 9.90 Å². The Morgan fingerprint density at radius 3 is 2.66 bits per heavy atom. The normalized spacial score (nSPS) is 16.3. The summed E-state index contributed by atoms with van der Waals surface area (Å²) in [5, 5.41) is 17.4. The zero-order valence-corrected chi connectivity index (χ0v) is 16.8. The molecule has 4 rings (SSSR count). The second kappa shape index (κ2) is 7.63. The van der Waals surface area contributed by atoms with Gasteiger partial charge in [-0.15, -0.1) is 0 Å². The summed E-state index contributed by atoms with van der Waals surface area (Å²) in [7, 11) is 0. The third-order valence-corrected chi connectivity index (χ3v) is 4.93.